The van der Waals surface area contributed by atoms with Gasteiger partial charge in [0, 0.05) is 30.1 Å². The third kappa shape index (κ3) is 2.71. The zero-order valence-electron chi connectivity index (χ0n) is 11.4. The highest BCUT2D eigenvalue weighted by Crippen LogP contribution is 2.20. The molecular weight excluding hydrogens is 260 g/mol. The van der Waals surface area contributed by atoms with E-state index in [0.717, 1.165) is 10.9 Å². The van der Waals surface area contributed by atoms with Crippen molar-refractivity contribution >= 4 is 28.4 Å². The number of amides is 1. The Balaban J connectivity index is 2.36. The van der Waals surface area contributed by atoms with Gasteiger partial charge in [0.2, 0.25) is 0 Å². The summed E-state index contributed by atoms with van der Waals surface area (Å²) in [5.74, 6) is 0.362. The molecule has 0 atom stereocenters. The van der Waals surface area contributed by atoms with E-state index in [2.05, 4.69) is 4.98 Å². The number of aromatic nitrogens is 1. The van der Waals surface area contributed by atoms with Gasteiger partial charge in [0.15, 0.2) is 0 Å². The smallest absolute Gasteiger partial charge is 0.254 e. The Morgan fingerprint density at radius 3 is 2.79 bits per heavy atom. The minimum absolute atomic E-state index is 0.0311. The van der Waals surface area contributed by atoms with Gasteiger partial charge in [-0.1, -0.05) is 6.07 Å². The van der Waals surface area contributed by atoms with Crippen LogP contribution >= 0.6 is 11.6 Å². The van der Waals surface area contributed by atoms with Gasteiger partial charge in [-0.05, 0) is 38.1 Å². The van der Waals surface area contributed by atoms with E-state index in [9.17, 15) is 4.79 Å². The zero-order chi connectivity index (χ0) is 14.0. The molecule has 0 bridgehead atoms. The fourth-order valence-corrected chi connectivity index (χ4v) is 1.95. The monoisotopic (exact) mass is 276 g/mol. The third-order valence-electron chi connectivity index (χ3n) is 3.39. The second-order valence-corrected chi connectivity index (χ2v) is 5.49. The number of fused-ring (bicyclic) bond motifs is 1. The van der Waals surface area contributed by atoms with Crippen LogP contribution in [0.4, 0.5) is 0 Å². The Morgan fingerprint density at radius 1 is 1.37 bits per heavy atom. The minimum Gasteiger partial charge on any atom is -0.335 e. The molecule has 0 saturated carbocycles. The molecule has 2 aromatic rings. The van der Waals surface area contributed by atoms with Gasteiger partial charge in [-0.2, -0.15) is 0 Å². The van der Waals surface area contributed by atoms with Gasteiger partial charge < -0.3 is 4.90 Å². The summed E-state index contributed by atoms with van der Waals surface area (Å²) in [6.45, 7) is 3.89. The van der Waals surface area contributed by atoms with Crippen molar-refractivity contribution in [3.8, 4) is 0 Å². The number of pyridine rings is 1. The van der Waals surface area contributed by atoms with Crippen molar-refractivity contribution < 1.29 is 4.79 Å². The molecule has 0 saturated heterocycles. The molecule has 1 amide bonds. The molecule has 3 nitrogen and oxygen atoms in total. The normalized spacial score (nSPS) is 11.6. The summed E-state index contributed by atoms with van der Waals surface area (Å²) in [5.41, 5.74) is 1.17. The van der Waals surface area contributed by atoms with Crippen LogP contribution < -0.4 is 0 Å². The summed E-state index contributed by atoms with van der Waals surface area (Å²) in [4.78, 5) is 18.4. The summed E-state index contributed by atoms with van der Waals surface area (Å²) < 4.78 is 0. The molecule has 1 aromatic carbocycles. The Kier molecular flexibility index (Phi) is 3.76. The van der Waals surface area contributed by atoms with Gasteiger partial charge in [0.25, 0.3) is 5.91 Å². The van der Waals surface area contributed by atoms with Gasteiger partial charge in [0.05, 0.1) is 11.1 Å². The average Bonchev–Trinajstić information content (AvgIpc) is 2.45. The van der Waals surface area contributed by atoms with Crippen molar-refractivity contribution in [3.63, 3.8) is 0 Å². The van der Waals surface area contributed by atoms with Crippen molar-refractivity contribution in [2.24, 2.45) is 0 Å². The van der Waals surface area contributed by atoms with E-state index >= 15 is 0 Å². The average molecular weight is 277 g/mol. The Bertz CT molecular complexity index is 610. The number of halogens is 1. The lowest BCUT2D eigenvalue weighted by Gasteiger charge is -2.34. The zero-order valence-corrected chi connectivity index (χ0v) is 12.1. The van der Waals surface area contributed by atoms with Crippen LogP contribution in [0.25, 0.3) is 10.9 Å². The van der Waals surface area contributed by atoms with Crippen LogP contribution in [0.15, 0.2) is 36.5 Å². The van der Waals surface area contributed by atoms with Crippen molar-refractivity contribution in [3.05, 3.63) is 42.1 Å². The lowest BCUT2D eigenvalue weighted by atomic mass is 10.0. The Morgan fingerprint density at radius 2 is 2.11 bits per heavy atom. The lowest BCUT2D eigenvalue weighted by molar-refractivity contribution is 0.0660. The fraction of sp³-hybridized carbons (Fsp3) is 0.333. The molecule has 0 aliphatic carbocycles. The fourth-order valence-electron chi connectivity index (χ4n) is 1.77. The van der Waals surface area contributed by atoms with E-state index in [4.69, 9.17) is 11.6 Å². The standard InChI is InChI=1S/C15H17ClN2O/c1-15(2,10-16)18(3)14(19)12-6-7-13-11(9-12)5-4-8-17-13/h4-9H,10H2,1-3H3. The van der Waals surface area contributed by atoms with Crippen molar-refractivity contribution in [2.75, 3.05) is 12.9 Å². The highest BCUT2D eigenvalue weighted by atomic mass is 35.5. The lowest BCUT2D eigenvalue weighted by Crippen LogP contribution is -2.46. The maximum atomic E-state index is 12.4. The van der Waals surface area contributed by atoms with Gasteiger partial charge >= 0.3 is 0 Å². The van der Waals surface area contributed by atoms with Gasteiger partial charge in [-0.3, -0.25) is 9.78 Å². The van der Waals surface area contributed by atoms with Crippen LogP contribution in [0.1, 0.15) is 24.2 Å². The van der Waals surface area contributed by atoms with Crippen LogP contribution in [-0.2, 0) is 0 Å². The Labute approximate surface area is 118 Å². The molecule has 19 heavy (non-hydrogen) atoms. The first-order valence-electron chi connectivity index (χ1n) is 6.14. The first-order chi connectivity index (χ1) is 8.95. The first kappa shape index (κ1) is 13.8. The third-order valence-corrected chi connectivity index (χ3v) is 4.04. The molecule has 100 valence electrons. The molecule has 0 unspecified atom stereocenters. The summed E-state index contributed by atoms with van der Waals surface area (Å²) in [6, 6.07) is 9.35. The summed E-state index contributed by atoms with van der Waals surface area (Å²) >= 11 is 5.91. The summed E-state index contributed by atoms with van der Waals surface area (Å²) in [5, 5.41) is 0.963. The van der Waals surface area contributed by atoms with Crippen LogP contribution in [0.5, 0.6) is 0 Å². The van der Waals surface area contributed by atoms with E-state index in [0.29, 0.717) is 11.4 Å². The molecule has 0 fully saturated rings. The summed E-state index contributed by atoms with van der Waals surface area (Å²) in [7, 11) is 1.78. The van der Waals surface area contributed by atoms with Gasteiger partial charge in [0.1, 0.15) is 0 Å². The molecule has 4 heteroatoms. The molecule has 0 N–H and O–H groups in total. The molecular formula is C15H17ClN2O. The van der Waals surface area contributed by atoms with E-state index in [1.165, 1.54) is 0 Å². The predicted molar refractivity (Wildman–Crippen MR) is 78.6 cm³/mol. The number of nitrogens with zero attached hydrogens (tertiary/aromatic N) is 2. The highest BCUT2D eigenvalue weighted by molar-refractivity contribution is 6.18. The molecule has 1 heterocycles. The van der Waals surface area contributed by atoms with Gasteiger partial charge in [-0.25, -0.2) is 0 Å². The molecule has 0 aliphatic rings. The number of alkyl halides is 1. The second kappa shape index (κ2) is 5.17. The number of rotatable bonds is 3. The SMILES string of the molecule is CN(C(=O)c1ccc2ncccc2c1)C(C)(C)CCl. The highest BCUT2D eigenvalue weighted by Gasteiger charge is 2.27. The number of benzene rings is 1. The number of carbonyl (C=O) groups is 1. The maximum absolute atomic E-state index is 12.4. The van der Waals surface area contributed by atoms with Crippen molar-refractivity contribution in [1.29, 1.82) is 0 Å². The maximum Gasteiger partial charge on any atom is 0.254 e. The van der Waals surface area contributed by atoms with Crippen molar-refractivity contribution in [1.82, 2.24) is 9.88 Å². The van der Waals surface area contributed by atoms with Gasteiger partial charge in [-0.15, -0.1) is 11.6 Å². The second-order valence-electron chi connectivity index (χ2n) is 5.22. The van der Waals surface area contributed by atoms with E-state index < -0.39 is 0 Å². The van der Waals surface area contributed by atoms with Crippen LogP contribution in [-0.4, -0.2) is 34.3 Å². The van der Waals surface area contributed by atoms with Crippen LogP contribution in [0.2, 0.25) is 0 Å². The molecule has 0 aliphatic heterocycles. The quantitative estimate of drug-likeness (QED) is 0.806. The molecule has 0 radical (unpaired) electrons. The van der Waals surface area contributed by atoms with E-state index in [1.54, 1.807) is 24.2 Å². The summed E-state index contributed by atoms with van der Waals surface area (Å²) in [6.07, 6.45) is 1.74. The number of hydrogen-bond donors (Lipinski definition) is 0. The largest absolute Gasteiger partial charge is 0.335 e. The van der Waals surface area contributed by atoms with Crippen LogP contribution in [0, 0.1) is 0 Å². The van der Waals surface area contributed by atoms with E-state index in [1.807, 2.05) is 38.1 Å². The molecule has 1 aromatic heterocycles. The van der Waals surface area contributed by atoms with E-state index in [-0.39, 0.29) is 11.4 Å². The van der Waals surface area contributed by atoms with Crippen molar-refractivity contribution in [2.45, 2.75) is 19.4 Å². The first-order valence-corrected chi connectivity index (χ1v) is 6.68. The molecule has 0 spiro atoms. The topological polar surface area (TPSA) is 33.2 Å². The Hall–Kier alpha value is -1.61. The minimum atomic E-state index is -0.372. The van der Waals surface area contributed by atoms with Crippen LogP contribution in [0.3, 0.4) is 0 Å². The number of carbonyl (C=O) groups excluding carboxylic acids is 1. The molecule has 2 rings (SSSR count). The number of hydrogen-bond acceptors (Lipinski definition) is 2. The predicted octanol–water partition coefficient (Wildman–Crippen LogP) is 3.32.